The third-order valence-electron chi connectivity index (χ3n) is 2.21. The van der Waals surface area contributed by atoms with E-state index in [0.717, 1.165) is 25.9 Å². The van der Waals surface area contributed by atoms with Crippen molar-refractivity contribution in [3.63, 3.8) is 0 Å². The van der Waals surface area contributed by atoms with Crippen LogP contribution in [-0.2, 0) is 18.9 Å². The van der Waals surface area contributed by atoms with Gasteiger partial charge in [0.05, 0.1) is 19.8 Å². The van der Waals surface area contributed by atoms with Crippen LogP contribution in [0.25, 0.3) is 0 Å². The molecule has 0 saturated carbocycles. The van der Waals surface area contributed by atoms with Gasteiger partial charge in [0, 0.05) is 13.0 Å². The van der Waals surface area contributed by atoms with Crippen molar-refractivity contribution in [1.29, 1.82) is 0 Å². The molecule has 0 aliphatic carbocycles. The lowest BCUT2D eigenvalue weighted by Gasteiger charge is -2.22. The second kappa shape index (κ2) is 8.35. The number of hydrogen-bond donors (Lipinski definition) is 0. The minimum atomic E-state index is -0.614. The molecule has 1 aliphatic heterocycles. The number of hydrogen-bond acceptors (Lipinski definition) is 5. The third kappa shape index (κ3) is 5.92. The molecule has 0 N–H and O–H groups in total. The summed E-state index contributed by atoms with van der Waals surface area (Å²) in [5.41, 5.74) is 0. The molecule has 1 atom stereocenters. The van der Waals surface area contributed by atoms with Crippen molar-refractivity contribution in [2.75, 3.05) is 26.4 Å². The molecule has 1 fully saturated rings. The van der Waals surface area contributed by atoms with E-state index in [9.17, 15) is 4.79 Å². The third-order valence-corrected chi connectivity index (χ3v) is 2.21. The maximum atomic E-state index is 10.8. The van der Waals surface area contributed by atoms with Crippen LogP contribution < -0.4 is 0 Å². The Labute approximate surface area is 96.0 Å². The Balaban J connectivity index is 1.89. The first-order valence-electron chi connectivity index (χ1n) is 5.85. The van der Waals surface area contributed by atoms with Crippen LogP contribution >= 0.6 is 0 Å². The predicted molar refractivity (Wildman–Crippen MR) is 57.1 cm³/mol. The molecule has 0 radical (unpaired) electrons. The van der Waals surface area contributed by atoms with Crippen LogP contribution in [0.3, 0.4) is 0 Å². The smallest absolute Gasteiger partial charge is 0.435 e. The maximum absolute atomic E-state index is 10.8. The van der Waals surface area contributed by atoms with E-state index >= 15 is 0 Å². The molecule has 0 aromatic carbocycles. The van der Waals surface area contributed by atoms with Crippen LogP contribution in [-0.4, -0.2) is 38.9 Å². The molecule has 1 saturated heterocycles. The normalized spacial score (nSPS) is 20.4. The molecular weight excluding hydrogens is 212 g/mol. The fourth-order valence-corrected chi connectivity index (χ4v) is 1.43. The van der Waals surface area contributed by atoms with E-state index in [1.165, 1.54) is 0 Å². The van der Waals surface area contributed by atoms with Gasteiger partial charge in [-0.15, -0.1) is 0 Å². The highest BCUT2D eigenvalue weighted by molar-refractivity contribution is 5.59. The van der Waals surface area contributed by atoms with E-state index in [0.29, 0.717) is 26.2 Å². The van der Waals surface area contributed by atoms with E-state index < -0.39 is 6.16 Å². The zero-order valence-electron chi connectivity index (χ0n) is 9.78. The zero-order valence-corrected chi connectivity index (χ0v) is 9.78. The van der Waals surface area contributed by atoms with Crippen molar-refractivity contribution in [3.05, 3.63) is 0 Å². The molecule has 94 valence electrons. The summed E-state index contributed by atoms with van der Waals surface area (Å²) in [5.74, 6) is 0. The average molecular weight is 232 g/mol. The molecule has 5 heteroatoms. The summed E-state index contributed by atoms with van der Waals surface area (Å²) in [6.07, 6.45) is 3.21. The first-order valence-corrected chi connectivity index (χ1v) is 5.85. The summed E-state index contributed by atoms with van der Waals surface area (Å²) < 4.78 is 20.3. The minimum absolute atomic E-state index is 0.0728. The molecule has 5 nitrogen and oxygen atoms in total. The molecule has 0 aromatic heterocycles. The van der Waals surface area contributed by atoms with Crippen LogP contribution in [0, 0.1) is 0 Å². The van der Waals surface area contributed by atoms with Gasteiger partial charge in [-0.1, -0.05) is 0 Å². The molecule has 1 aliphatic rings. The molecule has 16 heavy (non-hydrogen) atoms. The summed E-state index contributed by atoms with van der Waals surface area (Å²) in [6.45, 7) is 3.73. The van der Waals surface area contributed by atoms with Crippen LogP contribution in [0.15, 0.2) is 0 Å². The Morgan fingerprint density at radius 1 is 1.31 bits per heavy atom. The van der Waals surface area contributed by atoms with E-state index in [1.807, 2.05) is 0 Å². The summed E-state index contributed by atoms with van der Waals surface area (Å²) in [6, 6.07) is 0. The van der Waals surface area contributed by atoms with Crippen LogP contribution in [0.2, 0.25) is 0 Å². The summed E-state index contributed by atoms with van der Waals surface area (Å²) in [7, 11) is 0. The van der Waals surface area contributed by atoms with Gasteiger partial charge in [0.25, 0.3) is 0 Å². The zero-order chi connectivity index (χ0) is 11.6. The van der Waals surface area contributed by atoms with Crippen molar-refractivity contribution >= 4 is 6.16 Å². The molecule has 0 spiro atoms. The van der Waals surface area contributed by atoms with E-state index in [4.69, 9.17) is 14.2 Å². The molecule has 0 amide bonds. The van der Waals surface area contributed by atoms with Gasteiger partial charge in [-0.05, 0) is 26.2 Å². The lowest BCUT2D eigenvalue weighted by atomic mass is 10.2. The van der Waals surface area contributed by atoms with E-state index in [2.05, 4.69) is 4.74 Å². The molecule has 1 unspecified atom stereocenters. The largest absolute Gasteiger partial charge is 0.508 e. The van der Waals surface area contributed by atoms with Gasteiger partial charge in [0.15, 0.2) is 6.29 Å². The van der Waals surface area contributed by atoms with Crippen LogP contribution in [0.4, 0.5) is 4.79 Å². The quantitative estimate of drug-likeness (QED) is 0.518. The van der Waals surface area contributed by atoms with Gasteiger partial charge in [0.2, 0.25) is 0 Å². The van der Waals surface area contributed by atoms with Gasteiger partial charge in [-0.3, -0.25) is 0 Å². The Bertz CT molecular complexity index is 189. The lowest BCUT2D eigenvalue weighted by Crippen LogP contribution is -2.23. The number of ether oxygens (including phenoxy) is 4. The summed E-state index contributed by atoms with van der Waals surface area (Å²) in [4.78, 5) is 10.8. The second-order valence-corrected chi connectivity index (χ2v) is 3.55. The van der Waals surface area contributed by atoms with E-state index in [1.54, 1.807) is 6.92 Å². The van der Waals surface area contributed by atoms with Crippen molar-refractivity contribution in [2.45, 2.75) is 38.9 Å². The standard InChI is InChI=1S/C11H20O5/c1-2-13-11(12)16-9-5-8-15-10-6-3-4-7-14-10/h10H,2-9H2,1H3. The number of carbonyl (C=O) groups excluding carboxylic acids is 1. The Kier molecular flexibility index (Phi) is 6.92. The predicted octanol–water partition coefficient (Wildman–Crippen LogP) is 2.09. The highest BCUT2D eigenvalue weighted by Crippen LogP contribution is 2.13. The monoisotopic (exact) mass is 232 g/mol. The lowest BCUT2D eigenvalue weighted by molar-refractivity contribution is -0.163. The van der Waals surface area contributed by atoms with Gasteiger partial charge >= 0.3 is 6.16 Å². The van der Waals surface area contributed by atoms with Crippen LogP contribution in [0.1, 0.15) is 32.6 Å². The average Bonchev–Trinajstić information content (AvgIpc) is 2.30. The fourth-order valence-electron chi connectivity index (χ4n) is 1.43. The van der Waals surface area contributed by atoms with Crippen molar-refractivity contribution < 1.29 is 23.7 Å². The SMILES string of the molecule is CCOC(=O)OCCCOC1CCCCO1. The topological polar surface area (TPSA) is 54.0 Å². The number of carbonyl (C=O) groups is 1. The van der Waals surface area contributed by atoms with Gasteiger partial charge < -0.3 is 18.9 Å². The Morgan fingerprint density at radius 2 is 2.19 bits per heavy atom. The molecular formula is C11H20O5. The summed E-state index contributed by atoms with van der Waals surface area (Å²) in [5, 5.41) is 0. The fraction of sp³-hybridized carbons (Fsp3) is 0.909. The van der Waals surface area contributed by atoms with Crippen molar-refractivity contribution in [1.82, 2.24) is 0 Å². The van der Waals surface area contributed by atoms with Crippen molar-refractivity contribution in [3.8, 4) is 0 Å². The van der Waals surface area contributed by atoms with Gasteiger partial charge in [-0.2, -0.15) is 0 Å². The minimum Gasteiger partial charge on any atom is -0.435 e. The van der Waals surface area contributed by atoms with Gasteiger partial charge in [0.1, 0.15) is 0 Å². The Hall–Kier alpha value is -0.810. The van der Waals surface area contributed by atoms with Crippen molar-refractivity contribution in [2.24, 2.45) is 0 Å². The summed E-state index contributed by atoms with van der Waals surface area (Å²) >= 11 is 0. The highest BCUT2D eigenvalue weighted by atomic mass is 16.7. The molecule has 1 heterocycles. The van der Waals surface area contributed by atoms with Gasteiger partial charge in [-0.25, -0.2) is 4.79 Å². The molecule has 1 rings (SSSR count). The van der Waals surface area contributed by atoms with E-state index in [-0.39, 0.29) is 6.29 Å². The number of rotatable bonds is 6. The highest BCUT2D eigenvalue weighted by Gasteiger charge is 2.13. The Morgan fingerprint density at radius 3 is 2.88 bits per heavy atom. The second-order valence-electron chi connectivity index (χ2n) is 3.55. The molecule has 0 bridgehead atoms. The maximum Gasteiger partial charge on any atom is 0.508 e. The first-order chi connectivity index (χ1) is 7.83. The first kappa shape index (κ1) is 13.3. The van der Waals surface area contributed by atoms with Crippen LogP contribution in [0.5, 0.6) is 0 Å². The molecule has 0 aromatic rings.